The highest BCUT2D eigenvalue weighted by Gasteiger charge is 2.18. The Balaban J connectivity index is 1.33. The molecule has 0 spiro atoms. The van der Waals surface area contributed by atoms with Gasteiger partial charge in [-0.25, -0.2) is 0 Å². The summed E-state index contributed by atoms with van der Waals surface area (Å²) in [4.78, 5) is 9.14. The van der Waals surface area contributed by atoms with Crippen LogP contribution in [-0.4, -0.2) is 63.2 Å². The quantitative estimate of drug-likeness (QED) is 0.467. The van der Waals surface area contributed by atoms with Crippen molar-refractivity contribution in [1.82, 2.24) is 30.0 Å². The number of aromatic nitrogens is 5. The van der Waals surface area contributed by atoms with Crippen LogP contribution in [0.25, 0.3) is 23.0 Å². The van der Waals surface area contributed by atoms with Crippen LogP contribution in [0.1, 0.15) is 12.2 Å². The third kappa shape index (κ3) is 4.33. The average molecular weight is 440 g/mol. The lowest BCUT2D eigenvalue weighted by atomic mass is 10.1. The molecular weight excluding hydrogens is 418 g/mol. The van der Waals surface area contributed by atoms with Crippen LogP contribution in [0.3, 0.4) is 0 Å². The van der Waals surface area contributed by atoms with E-state index in [1.165, 1.54) is 0 Å². The van der Waals surface area contributed by atoms with Crippen molar-refractivity contribution in [1.29, 1.82) is 0 Å². The molecule has 0 N–H and O–H groups in total. The fraction of sp³-hybridized carbons (Fsp3) is 0.333. The second-order valence-electron chi connectivity index (χ2n) is 7.62. The summed E-state index contributed by atoms with van der Waals surface area (Å²) in [5.41, 5.74) is 2.30. The van der Waals surface area contributed by atoms with Crippen molar-refractivity contribution >= 4 is 17.3 Å². The topological polar surface area (TPSA) is 89.3 Å². The molecule has 160 valence electrons. The molecule has 0 radical (unpaired) electrons. The maximum Gasteiger partial charge on any atom is 0.280 e. The minimum absolute atomic E-state index is 0.293. The molecule has 4 aromatic rings. The summed E-state index contributed by atoms with van der Waals surface area (Å²) in [6.45, 7) is 4.54. The summed E-state index contributed by atoms with van der Waals surface area (Å²) < 4.78 is 12.5. The smallest absolute Gasteiger partial charge is 0.280 e. The van der Waals surface area contributed by atoms with Gasteiger partial charge in [0, 0.05) is 43.7 Å². The predicted molar refractivity (Wildman–Crippen MR) is 116 cm³/mol. The van der Waals surface area contributed by atoms with Gasteiger partial charge in [0.25, 0.3) is 5.89 Å². The number of halogens is 1. The summed E-state index contributed by atoms with van der Waals surface area (Å²) in [7, 11) is 2.15. The minimum Gasteiger partial charge on any atom is -0.369 e. The fourth-order valence-electron chi connectivity index (χ4n) is 3.68. The lowest BCUT2D eigenvalue weighted by Gasteiger charge is -2.24. The molecule has 0 unspecified atom stereocenters. The van der Waals surface area contributed by atoms with Crippen LogP contribution in [0.5, 0.6) is 0 Å². The van der Waals surface area contributed by atoms with Crippen molar-refractivity contribution in [2.45, 2.75) is 13.0 Å². The maximum absolute atomic E-state index is 6.62. The predicted octanol–water partition coefficient (Wildman–Crippen LogP) is 3.43. The first-order chi connectivity index (χ1) is 15.2. The van der Waals surface area contributed by atoms with Crippen molar-refractivity contribution in [3.05, 3.63) is 53.5 Å². The molecular formula is C21H22ClN7O2. The van der Waals surface area contributed by atoms with Crippen molar-refractivity contribution in [2.24, 2.45) is 0 Å². The number of nitrogens with zero attached hydrogens (tertiary/aromatic N) is 7. The Hall–Kier alpha value is -3.17. The van der Waals surface area contributed by atoms with Gasteiger partial charge in [-0.05, 0) is 44.3 Å². The average Bonchev–Trinajstić information content (AvgIpc) is 3.51. The van der Waals surface area contributed by atoms with Crippen molar-refractivity contribution < 1.29 is 9.05 Å². The first kappa shape index (κ1) is 19.8. The normalized spacial score (nSPS) is 15.4. The first-order valence-corrected chi connectivity index (χ1v) is 10.5. The molecule has 0 amide bonds. The van der Waals surface area contributed by atoms with Crippen LogP contribution in [0.2, 0.25) is 5.02 Å². The molecule has 1 aliphatic heterocycles. The molecule has 4 heterocycles. The number of likely N-dealkylation sites (N-methyl/N-ethyl adjacent to an activating group) is 1. The summed E-state index contributed by atoms with van der Waals surface area (Å²) in [5, 5.41) is 13.0. The van der Waals surface area contributed by atoms with E-state index in [9.17, 15) is 0 Å². The van der Waals surface area contributed by atoms with E-state index in [2.05, 4.69) is 37.2 Å². The van der Waals surface area contributed by atoms with Gasteiger partial charge in [-0.1, -0.05) is 21.9 Å². The third-order valence-electron chi connectivity index (χ3n) is 5.35. The molecule has 10 heteroatoms. The molecule has 1 fully saturated rings. The number of hydrogen-bond acceptors (Lipinski definition) is 8. The molecule has 1 aromatic carbocycles. The Labute approximate surface area is 184 Å². The van der Waals surface area contributed by atoms with Gasteiger partial charge < -0.3 is 18.8 Å². The molecule has 3 aromatic heterocycles. The Morgan fingerprint density at radius 2 is 2.00 bits per heavy atom. The molecule has 0 atom stereocenters. The third-order valence-corrected chi connectivity index (χ3v) is 5.65. The van der Waals surface area contributed by atoms with Crippen molar-refractivity contribution in [3.63, 3.8) is 0 Å². The van der Waals surface area contributed by atoms with Crippen LogP contribution in [0, 0.1) is 0 Å². The van der Waals surface area contributed by atoms with Crippen LogP contribution in [0.15, 0.2) is 51.8 Å². The van der Waals surface area contributed by atoms with E-state index in [1.807, 2.05) is 30.5 Å². The minimum atomic E-state index is 0.293. The molecule has 0 aliphatic carbocycles. The Morgan fingerprint density at radius 1 is 1.06 bits per heavy atom. The van der Waals surface area contributed by atoms with Gasteiger partial charge >= 0.3 is 0 Å². The summed E-state index contributed by atoms with van der Waals surface area (Å²) >= 11 is 6.62. The van der Waals surface area contributed by atoms with Crippen LogP contribution in [-0.2, 0) is 6.54 Å². The van der Waals surface area contributed by atoms with Crippen molar-refractivity contribution in [2.75, 3.05) is 38.1 Å². The van der Waals surface area contributed by atoms with Gasteiger partial charge in [0.2, 0.25) is 5.82 Å². The van der Waals surface area contributed by atoms with Crippen LogP contribution < -0.4 is 4.90 Å². The van der Waals surface area contributed by atoms with E-state index in [0.29, 0.717) is 34.7 Å². The van der Waals surface area contributed by atoms with Crippen LogP contribution in [0.4, 0.5) is 5.69 Å². The molecule has 9 nitrogen and oxygen atoms in total. The summed E-state index contributed by atoms with van der Waals surface area (Å²) in [6.07, 6.45) is 4.68. The second kappa shape index (κ2) is 8.52. The van der Waals surface area contributed by atoms with Gasteiger partial charge in [0.1, 0.15) is 6.54 Å². The molecule has 1 saturated heterocycles. The molecule has 0 saturated carbocycles. The highest BCUT2D eigenvalue weighted by molar-refractivity contribution is 6.33. The lowest BCUT2D eigenvalue weighted by molar-refractivity contribution is 0.360. The van der Waals surface area contributed by atoms with E-state index in [0.717, 1.165) is 43.9 Å². The Bertz CT molecular complexity index is 1150. The van der Waals surface area contributed by atoms with E-state index in [1.54, 1.807) is 16.9 Å². The zero-order valence-corrected chi connectivity index (χ0v) is 17.9. The van der Waals surface area contributed by atoms with Gasteiger partial charge in [-0.2, -0.15) is 10.1 Å². The molecule has 31 heavy (non-hydrogen) atoms. The van der Waals surface area contributed by atoms with E-state index in [4.69, 9.17) is 20.6 Å². The Morgan fingerprint density at radius 3 is 2.84 bits per heavy atom. The lowest BCUT2D eigenvalue weighted by Crippen LogP contribution is -2.28. The summed E-state index contributed by atoms with van der Waals surface area (Å²) in [5.74, 6) is 1.39. The van der Waals surface area contributed by atoms with E-state index >= 15 is 0 Å². The SMILES string of the molecule is CN1CCCN(c2ccc(-c3noc(-c4cc(Cn5cccn5)on4)n3)cc2Cl)CC1. The van der Waals surface area contributed by atoms with Crippen molar-refractivity contribution in [3.8, 4) is 23.0 Å². The summed E-state index contributed by atoms with van der Waals surface area (Å²) in [6, 6.07) is 9.49. The van der Waals surface area contributed by atoms with Crippen LogP contribution >= 0.6 is 11.6 Å². The maximum atomic E-state index is 6.62. The largest absolute Gasteiger partial charge is 0.369 e. The molecule has 5 rings (SSSR count). The zero-order valence-electron chi connectivity index (χ0n) is 17.1. The molecule has 1 aliphatic rings. The highest BCUT2D eigenvalue weighted by Crippen LogP contribution is 2.31. The van der Waals surface area contributed by atoms with Gasteiger partial charge in [-0.3, -0.25) is 4.68 Å². The highest BCUT2D eigenvalue weighted by atomic mass is 35.5. The fourth-order valence-corrected chi connectivity index (χ4v) is 3.98. The number of rotatable bonds is 5. The standard InChI is InChI=1S/C21H22ClN7O2/c1-27-7-3-8-28(11-10-27)19-5-4-15(12-17(19)22)20-24-21(31-26-20)18-13-16(30-25-18)14-29-9-2-6-23-29/h2,4-6,9,12-13H,3,7-8,10-11,14H2,1H3. The van der Waals surface area contributed by atoms with Gasteiger partial charge in [-0.15, -0.1) is 0 Å². The van der Waals surface area contributed by atoms with Gasteiger partial charge in [0.15, 0.2) is 11.5 Å². The van der Waals surface area contributed by atoms with E-state index in [-0.39, 0.29) is 0 Å². The number of anilines is 1. The number of benzene rings is 1. The first-order valence-electron chi connectivity index (χ1n) is 10.2. The second-order valence-corrected chi connectivity index (χ2v) is 8.02. The molecule has 0 bridgehead atoms. The number of hydrogen-bond donors (Lipinski definition) is 0. The monoisotopic (exact) mass is 439 g/mol. The Kier molecular flexibility index (Phi) is 5.44. The zero-order chi connectivity index (χ0) is 21.2. The van der Waals surface area contributed by atoms with E-state index < -0.39 is 0 Å². The van der Waals surface area contributed by atoms with Gasteiger partial charge in [0.05, 0.1) is 10.7 Å².